The van der Waals surface area contributed by atoms with E-state index in [0.29, 0.717) is 6.54 Å². The van der Waals surface area contributed by atoms with Crippen molar-refractivity contribution in [2.24, 2.45) is 0 Å². The summed E-state index contributed by atoms with van der Waals surface area (Å²) in [5.41, 5.74) is 3.46. The average molecular weight is 769 g/mol. The van der Waals surface area contributed by atoms with E-state index in [1.54, 1.807) is 10.9 Å². The molecule has 1 aliphatic rings. The molecule has 0 amide bonds. The van der Waals surface area contributed by atoms with Crippen LogP contribution in [0.25, 0.3) is 22.3 Å². The molecular weight excluding hydrogens is 741 g/mol. The summed E-state index contributed by atoms with van der Waals surface area (Å²) in [5.74, 6) is -1.40. The van der Waals surface area contributed by atoms with Crippen LogP contribution in [-0.4, -0.2) is 79.8 Å². The predicted molar refractivity (Wildman–Crippen MR) is 167 cm³/mol. The molecule has 0 saturated carbocycles. The van der Waals surface area contributed by atoms with E-state index in [9.17, 15) is 34.2 Å². The zero-order valence-corrected chi connectivity index (χ0v) is 27.2. The van der Waals surface area contributed by atoms with Gasteiger partial charge in [0.05, 0.1) is 6.61 Å². The Morgan fingerprint density at radius 1 is 1.00 bits per heavy atom. The van der Waals surface area contributed by atoms with Crippen molar-refractivity contribution in [3.8, 4) is 17.0 Å². The molecule has 2 aromatic carbocycles. The van der Waals surface area contributed by atoms with E-state index in [4.69, 9.17) is 9.26 Å². The number of hydrogen-bond acceptors (Lipinski definition) is 10. The quantitative estimate of drug-likeness (QED) is 0.0602. The Hall–Kier alpha value is -3.05. The van der Waals surface area contributed by atoms with Crippen molar-refractivity contribution < 1.29 is 48.1 Å². The standard InChI is InChI=1S/C27H27IN6O9P2/c28-27-30-24-21(25(37)31-27)32(12-17-6-8-19(9-7-17)18-4-2-1-3-5-18)15-34(24)26-23(36)22(35)20(43-26)13-42-45(40,41)16-44(38,39)33-11-10-29-14-33/h1-11,14-15,20,22-23,26,35-36H,12-13,16H2,(H2-,30,31,37,38,39,40,41)/p+1/t20-,22-,23-,26-/m1/s1. The Labute approximate surface area is 269 Å². The van der Waals surface area contributed by atoms with Gasteiger partial charge in [0.25, 0.3) is 17.0 Å². The van der Waals surface area contributed by atoms with E-state index in [0.717, 1.165) is 27.4 Å². The molecule has 3 aromatic heterocycles. The average Bonchev–Trinajstić information content (AvgIpc) is 3.73. The molecule has 45 heavy (non-hydrogen) atoms. The third-order valence-corrected chi connectivity index (χ3v) is 12.2. The molecule has 5 N–H and O–H groups in total. The molecule has 6 rings (SSSR count). The van der Waals surface area contributed by atoms with E-state index in [2.05, 4.69) is 15.0 Å². The van der Waals surface area contributed by atoms with E-state index in [-0.39, 0.29) is 20.9 Å². The number of nitrogens with zero attached hydrogens (tertiary/aromatic N) is 6. The summed E-state index contributed by atoms with van der Waals surface area (Å²) in [5, 5.41) is 32.5. The smallest absolute Gasteiger partial charge is 0.339 e. The largest absolute Gasteiger partial charge is 0.490 e. The van der Waals surface area contributed by atoms with Crippen molar-refractivity contribution in [1.29, 1.82) is 0 Å². The molecule has 0 radical (unpaired) electrons. The summed E-state index contributed by atoms with van der Waals surface area (Å²) in [4.78, 5) is 32.7. The fraction of sp³-hybridized carbons (Fsp3) is 0.259. The first-order chi connectivity index (χ1) is 21.4. The third-order valence-electron chi connectivity index (χ3n) is 7.30. The van der Waals surface area contributed by atoms with Crippen LogP contribution in [0.3, 0.4) is 0 Å². The van der Waals surface area contributed by atoms with Crippen LogP contribution in [0.5, 0.6) is 5.88 Å². The van der Waals surface area contributed by atoms with Crippen LogP contribution in [0, 0.1) is 3.83 Å². The highest BCUT2D eigenvalue weighted by Crippen LogP contribution is 2.58. The first kappa shape index (κ1) is 31.9. The van der Waals surface area contributed by atoms with Crippen LogP contribution in [0.2, 0.25) is 0 Å². The van der Waals surface area contributed by atoms with Gasteiger partial charge in [-0.15, -0.1) is 0 Å². The minimum Gasteiger partial charge on any atom is -0.490 e. The fourth-order valence-electron chi connectivity index (χ4n) is 5.11. The van der Waals surface area contributed by atoms with Gasteiger partial charge in [0, 0.05) is 35.0 Å². The molecule has 18 heteroatoms. The molecule has 0 spiro atoms. The van der Waals surface area contributed by atoms with Gasteiger partial charge in [0.15, 0.2) is 3.83 Å². The van der Waals surface area contributed by atoms with Gasteiger partial charge >= 0.3 is 15.1 Å². The number of aromatic nitrogens is 6. The van der Waals surface area contributed by atoms with E-state index < -0.39 is 52.2 Å². The Morgan fingerprint density at radius 3 is 2.40 bits per heavy atom. The molecule has 4 heterocycles. The second-order valence-electron chi connectivity index (χ2n) is 10.4. The summed E-state index contributed by atoms with van der Waals surface area (Å²) in [6, 6.07) is 17.8. The van der Waals surface area contributed by atoms with Crippen LogP contribution < -0.4 is 4.57 Å². The lowest BCUT2D eigenvalue weighted by Gasteiger charge is -2.19. The lowest BCUT2D eigenvalue weighted by atomic mass is 10.0. The lowest BCUT2D eigenvalue weighted by Crippen LogP contribution is -2.35. The molecule has 236 valence electrons. The number of aliphatic hydroxyl groups is 2. The summed E-state index contributed by atoms with van der Waals surface area (Å²) in [6.45, 7) is -0.378. The fourth-order valence-corrected chi connectivity index (χ4v) is 9.21. The van der Waals surface area contributed by atoms with Gasteiger partial charge in [-0.2, -0.15) is 14.5 Å². The van der Waals surface area contributed by atoms with Crippen molar-refractivity contribution in [2.45, 2.75) is 31.1 Å². The van der Waals surface area contributed by atoms with Crippen molar-refractivity contribution in [3.63, 3.8) is 0 Å². The van der Waals surface area contributed by atoms with Crippen molar-refractivity contribution in [2.75, 3.05) is 12.5 Å². The SMILES string of the molecule is O=P(O)(CP(=O)(O)n1ccnc1)OC[C@H]1O[C@@H](n2c[n+](Cc3ccc(-c4ccccc4)cc3)c3c(O)nc(I)nc32)[C@H](O)[C@@H]1O. The normalized spacial score (nSPS) is 22.8. The Bertz CT molecular complexity index is 1910. The Balaban J connectivity index is 1.23. The zero-order chi connectivity index (χ0) is 31.9. The number of imidazole rings is 2. The summed E-state index contributed by atoms with van der Waals surface area (Å²) >= 11 is 1.84. The van der Waals surface area contributed by atoms with E-state index in [1.165, 1.54) is 17.0 Å². The molecular formula is C27H28IN6O9P2+. The number of ether oxygens (including phenoxy) is 1. The monoisotopic (exact) mass is 769 g/mol. The second kappa shape index (κ2) is 12.6. The van der Waals surface area contributed by atoms with Crippen LogP contribution in [0.1, 0.15) is 11.8 Å². The number of halogens is 1. The van der Waals surface area contributed by atoms with Crippen LogP contribution in [0.15, 0.2) is 79.6 Å². The molecule has 6 atom stereocenters. The molecule has 1 fully saturated rings. The topological polar surface area (TPSA) is 206 Å². The molecule has 0 aliphatic carbocycles. The maximum absolute atomic E-state index is 12.7. The molecule has 1 saturated heterocycles. The number of aliphatic hydroxyl groups excluding tert-OH is 2. The molecule has 2 unspecified atom stereocenters. The van der Waals surface area contributed by atoms with Gasteiger partial charge in [0.1, 0.15) is 37.1 Å². The number of fused-ring (bicyclic) bond motifs is 1. The van der Waals surface area contributed by atoms with Gasteiger partial charge in [-0.3, -0.25) is 13.5 Å². The summed E-state index contributed by atoms with van der Waals surface area (Å²) in [6.07, 6.45) is -0.583. The minimum atomic E-state index is -4.66. The predicted octanol–water partition coefficient (Wildman–Crippen LogP) is 2.45. The van der Waals surface area contributed by atoms with Crippen molar-refractivity contribution in [3.05, 3.63) is 89.0 Å². The molecule has 0 bridgehead atoms. The van der Waals surface area contributed by atoms with Crippen LogP contribution in [0.4, 0.5) is 0 Å². The summed E-state index contributed by atoms with van der Waals surface area (Å²) in [7, 11) is -8.99. The zero-order valence-electron chi connectivity index (χ0n) is 23.3. The molecule has 5 aromatic rings. The first-order valence-electron chi connectivity index (χ1n) is 13.5. The van der Waals surface area contributed by atoms with Crippen LogP contribution >= 0.6 is 37.7 Å². The maximum atomic E-state index is 12.7. The minimum absolute atomic E-state index is 0.208. The second-order valence-corrected chi connectivity index (χ2v) is 15.9. The summed E-state index contributed by atoms with van der Waals surface area (Å²) < 4.78 is 40.3. The number of aromatic hydroxyl groups is 1. The van der Waals surface area contributed by atoms with Gasteiger partial charge in [-0.1, -0.05) is 54.6 Å². The Kier molecular flexibility index (Phi) is 8.95. The highest BCUT2D eigenvalue weighted by atomic mass is 127. The van der Waals surface area contributed by atoms with E-state index >= 15 is 0 Å². The number of rotatable bonds is 10. The third kappa shape index (κ3) is 6.75. The van der Waals surface area contributed by atoms with Gasteiger partial charge in [0.2, 0.25) is 12.6 Å². The van der Waals surface area contributed by atoms with Crippen molar-refractivity contribution in [1.82, 2.24) is 23.9 Å². The van der Waals surface area contributed by atoms with E-state index in [1.807, 2.05) is 77.2 Å². The van der Waals surface area contributed by atoms with Gasteiger partial charge < -0.3 is 34.4 Å². The Morgan fingerprint density at radius 2 is 1.71 bits per heavy atom. The number of hydrogen-bond donors (Lipinski definition) is 5. The van der Waals surface area contributed by atoms with Crippen LogP contribution in [-0.2, 0) is 24.9 Å². The van der Waals surface area contributed by atoms with Gasteiger partial charge in [-0.25, -0.2) is 9.55 Å². The molecule has 15 nitrogen and oxygen atoms in total. The lowest BCUT2D eigenvalue weighted by molar-refractivity contribution is -0.664. The number of benzene rings is 2. The van der Waals surface area contributed by atoms with Gasteiger partial charge in [-0.05, 0) is 16.7 Å². The highest BCUT2D eigenvalue weighted by Gasteiger charge is 2.49. The maximum Gasteiger partial charge on any atom is 0.339 e. The molecule has 1 aliphatic heterocycles. The first-order valence-corrected chi connectivity index (χ1v) is 18.2. The highest BCUT2D eigenvalue weighted by molar-refractivity contribution is 14.1. The van der Waals surface area contributed by atoms with Crippen molar-refractivity contribution >= 4 is 48.9 Å².